The van der Waals surface area contributed by atoms with Gasteiger partial charge in [0.15, 0.2) is 0 Å². The van der Waals surface area contributed by atoms with Gasteiger partial charge >= 0.3 is 0 Å². The molecule has 1 heterocycles. The monoisotopic (exact) mass is 296 g/mol. The molecule has 0 spiro atoms. The van der Waals surface area contributed by atoms with Crippen LogP contribution in [0.15, 0.2) is 41.4 Å². The lowest BCUT2D eigenvalue weighted by Crippen LogP contribution is -2.18. The van der Waals surface area contributed by atoms with Crippen molar-refractivity contribution in [2.45, 2.75) is 26.7 Å². The SMILES string of the molecule is Cc1cc(N=Cc2ccc(N3CCCC3)c(C)c2)ccc1F. The Labute approximate surface area is 131 Å². The van der Waals surface area contributed by atoms with Crippen molar-refractivity contribution in [1.29, 1.82) is 0 Å². The average Bonchev–Trinajstić information content (AvgIpc) is 3.02. The van der Waals surface area contributed by atoms with Gasteiger partial charge in [0.05, 0.1) is 5.69 Å². The second-order valence-electron chi connectivity index (χ2n) is 5.93. The summed E-state index contributed by atoms with van der Waals surface area (Å²) in [5.41, 5.74) is 5.08. The van der Waals surface area contributed by atoms with Crippen LogP contribution in [0.4, 0.5) is 15.8 Å². The molecule has 0 unspecified atom stereocenters. The van der Waals surface area contributed by atoms with Gasteiger partial charge in [-0.2, -0.15) is 0 Å². The smallest absolute Gasteiger partial charge is 0.126 e. The summed E-state index contributed by atoms with van der Waals surface area (Å²) in [6.45, 7) is 6.21. The molecule has 2 aromatic rings. The van der Waals surface area contributed by atoms with E-state index in [-0.39, 0.29) is 5.82 Å². The topological polar surface area (TPSA) is 15.6 Å². The van der Waals surface area contributed by atoms with E-state index in [4.69, 9.17) is 0 Å². The maximum atomic E-state index is 13.3. The van der Waals surface area contributed by atoms with Gasteiger partial charge < -0.3 is 4.90 Å². The molecule has 0 radical (unpaired) electrons. The van der Waals surface area contributed by atoms with Crippen molar-refractivity contribution in [3.8, 4) is 0 Å². The molecule has 0 N–H and O–H groups in total. The summed E-state index contributed by atoms with van der Waals surface area (Å²) >= 11 is 0. The third-order valence-electron chi connectivity index (χ3n) is 4.17. The Hall–Kier alpha value is -2.16. The Morgan fingerprint density at radius 1 is 1.00 bits per heavy atom. The molecule has 1 aliphatic rings. The minimum Gasteiger partial charge on any atom is -0.371 e. The van der Waals surface area contributed by atoms with Gasteiger partial charge in [-0.15, -0.1) is 0 Å². The van der Waals surface area contributed by atoms with Crippen molar-refractivity contribution in [3.63, 3.8) is 0 Å². The van der Waals surface area contributed by atoms with Gasteiger partial charge in [-0.25, -0.2) is 4.39 Å². The number of anilines is 1. The van der Waals surface area contributed by atoms with Crippen LogP contribution in [0.25, 0.3) is 0 Å². The third-order valence-corrected chi connectivity index (χ3v) is 4.17. The van der Waals surface area contributed by atoms with E-state index in [9.17, 15) is 4.39 Å². The lowest BCUT2D eigenvalue weighted by atomic mass is 10.1. The summed E-state index contributed by atoms with van der Waals surface area (Å²) in [6, 6.07) is 11.4. The minimum atomic E-state index is -0.190. The van der Waals surface area contributed by atoms with Gasteiger partial charge in [0.1, 0.15) is 5.82 Å². The molecule has 0 saturated carbocycles. The fourth-order valence-corrected chi connectivity index (χ4v) is 2.93. The first kappa shape index (κ1) is 14.8. The van der Waals surface area contributed by atoms with E-state index in [0.717, 1.165) is 24.3 Å². The lowest BCUT2D eigenvalue weighted by Gasteiger charge is -2.20. The van der Waals surface area contributed by atoms with Gasteiger partial charge in [0.25, 0.3) is 0 Å². The molecule has 2 nitrogen and oxygen atoms in total. The van der Waals surface area contributed by atoms with E-state index in [1.54, 1.807) is 19.1 Å². The number of hydrogen-bond acceptors (Lipinski definition) is 2. The zero-order valence-corrected chi connectivity index (χ0v) is 13.1. The summed E-state index contributed by atoms with van der Waals surface area (Å²) in [7, 11) is 0. The standard InChI is InChI=1S/C19H21FN2/c1-14-12-17(6-7-18(14)20)21-13-16-5-8-19(15(2)11-16)22-9-3-4-10-22/h5-8,11-13H,3-4,9-10H2,1-2H3. The highest BCUT2D eigenvalue weighted by Gasteiger charge is 2.13. The summed E-state index contributed by atoms with van der Waals surface area (Å²) in [5.74, 6) is -0.190. The number of nitrogens with zero attached hydrogens (tertiary/aromatic N) is 2. The van der Waals surface area contributed by atoms with Crippen molar-refractivity contribution in [2.75, 3.05) is 18.0 Å². The van der Waals surface area contributed by atoms with Crippen LogP contribution in [0.1, 0.15) is 29.5 Å². The molecule has 1 saturated heterocycles. The minimum absolute atomic E-state index is 0.190. The molecular formula is C19H21FN2. The van der Waals surface area contributed by atoms with Gasteiger partial charge in [-0.3, -0.25) is 4.99 Å². The van der Waals surface area contributed by atoms with Crippen LogP contribution in [0, 0.1) is 19.7 Å². The van der Waals surface area contributed by atoms with E-state index in [2.05, 4.69) is 35.0 Å². The molecule has 0 amide bonds. The third kappa shape index (κ3) is 3.19. The highest BCUT2D eigenvalue weighted by atomic mass is 19.1. The van der Waals surface area contributed by atoms with Gasteiger partial charge in [0, 0.05) is 25.0 Å². The van der Waals surface area contributed by atoms with Gasteiger partial charge in [-0.1, -0.05) is 6.07 Å². The van der Waals surface area contributed by atoms with Crippen molar-refractivity contribution in [1.82, 2.24) is 0 Å². The van der Waals surface area contributed by atoms with Crippen molar-refractivity contribution < 1.29 is 4.39 Å². The first-order valence-corrected chi connectivity index (χ1v) is 7.79. The highest BCUT2D eigenvalue weighted by Crippen LogP contribution is 2.25. The molecule has 2 aromatic carbocycles. The Balaban J connectivity index is 1.78. The van der Waals surface area contributed by atoms with E-state index < -0.39 is 0 Å². The highest BCUT2D eigenvalue weighted by molar-refractivity contribution is 5.83. The fourth-order valence-electron chi connectivity index (χ4n) is 2.93. The molecule has 1 fully saturated rings. The molecular weight excluding hydrogens is 275 g/mol. The molecule has 0 bridgehead atoms. The number of hydrogen-bond donors (Lipinski definition) is 0. The zero-order chi connectivity index (χ0) is 15.5. The van der Waals surface area contributed by atoms with Crippen molar-refractivity contribution in [2.24, 2.45) is 4.99 Å². The molecule has 114 valence electrons. The van der Waals surface area contributed by atoms with Gasteiger partial charge in [-0.05, 0) is 73.7 Å². The summed E-state index contributed by atoms with van der Waals surface area (Å²) < 4.78 is 13.3. The number of rotatable bonds is 3. The maximum absolute atomic E-state index is 13.3. The largest absolute Gasteiger partial charge is 0.371 e. The van der Waals surface area contributed by atoms with Crippen LogP contribution in [-0.4, -0.2) is 19.3 Å². The van der Waals surface area contributed by atoms with Crippen LogP contribution in [-0.2, 0) is 0 Å². The van der Waals surface area contributed by atoms with Crippen molar-refractivity contribution in [3.05, 3.63) is 58.9 Å². The van der Waals surface area contributed by atoms with E-state index in [0.29, 0.717) is 5.56 Å². The molecule has 0 aliphatic carbocycles. The normalized spacial score (nSPS) is 15.0. The second kappa shape index (κ2) is 6.30. The van der Waals surface area contributed by atoms with E-state index in [1.165, 1.54) is 30.2 Å². The summed E-state index contributed by atoms with van der Waals surface area (Å²) in [4.78, 5) is 6.89. The second-order valence-corrected chi connectivity index (χ2v) is 5.93. The maximum Gasteiger partial charge on any atom is 0.126 e. The quantitative estimate of drug-likeness (QED) is 0.743. The number of aliphatic imine (C=N–C) groups is 1. The molecule has 3 rings (SSSR count). The molecule has 0 aromatic heterocycles. The Kier molecular flexibility index (Phi) is 4.23. The molecule has 1 aliphatic heterocycles. The van der Waals surface area contributed by atoms with E-state index in [1.807, 2.05) is 6.21 Å². The predicted molar refractivity (Wildman–Crippen MR) is 91.0 cm³/mol. The molecule has 22 heavy (non-hydrogen) atoms. The molecule has 0 atom stereocenters. The number of benzene rings is 2. The predicted octanol–water partition coefficient (Wildman–Crippen LogP) is 4.79. The Morgan fingerprint density at radius 3 is 2.45 bits per heavy atom. The molecule has 3 heteroatoms. The first-order valence-electron chi connectivity index (χ1n) is 7.79. The fraction of sp³-hybridized carbons (Fsp3) is 0.316. The van der Waals surface area contributed by atoms with Gasteiger partial charge in [0.2, 0.25) is 0 Å². The average molecular weight is 296 g/mol. The van der Waals surface area contributed by atoms with Crippen LogP contribution in [0.3, 0.4) is 0 Å². The Bertz CT molecular complexity index is 701. The van der Waals surface area contributed by atoms with Crippen molar-refractivity contribution >= 4 is 17.6 Å². The zero-order valence-electron chi connectivity index (χ0n) is 13.1. The summed E-state index contributed by atoms with van der Waals surface area (Å²) in [6.07, 6.45) is 4.41. The number of halogens is 1. The Morgan fingerprint density at radius 2 is 1.77 bits per heavy atom. The van der Waals surface area contributed by atoms with Crippen LogP contribution in [0.5, 0.6) is 0 Å². The van der Waals surface area contributed by atoms with E-state index >= 15 is 0 Å². The summed E-state index contributed by atoms with van der Waals surface area (Å²) in [5, 5.41) is 0. The lowest BCUT2D eigenvalue weighted by molar-refractivity contribution is 0.618. The van der Waals surface area contributed by atoms with Crippen LogP contribution >= 0.6 is 0 Å². The first-order chi connectivity index (χ1) is 10.6. The van der Waals surface area contributed by atoms with Crippen LogP contribution in [0.2, 0.25) is 0 Å². The van der Waals surface area contributed by atoms with Crippen LogP contribution < -0.4 is 4.90 Å². The number of aryl methyl sites for hydroxylation is 2.